The van der Waals surface area contributed by atoms with Crippen molar-refractivity contribution in [2.75, 3.05) is 11.5 Å². The summed E-state index contributed by atoms with van der Waals surface area (Å²) >= 11 is 0. The van der Waals surface area contributed by atoms with Crippen LogP contribution in [0.1, 0.15) is 12.0 Å². The number of hydrogen-bond acceptors (Lipinski definition) is 4. The van der Waals surface area contributed by atoms with Gasteiger partial charge in [0.05, 0.1) is 11.5 Å². The third kappa shape index (κ3) is 2.97. The quantitative estimate of drug-likeness (QED) is 0.608. The van der Waals surface area contributed by atoms with Crippen LogP contribution in [0.5, 0.6) is 5.75 Å². The standard InChI is InChI=1S/C11H14N2O3S/c12-11(13)8-1-3-9(4-2-8)16-10-5-6-17(14,15)7-10/h1-4,10H,5-7H2,(H3,12,13). The van der Waals surface area contributed by atoms with Gasteiger partial charge in [0.15, 0.2) is 9.84 Å². The van der Waals surface area contributed by atoms with Crippen molar-refractivity contribution >= 4 is 15.7 Å². The lowest BCUT2D eigenvalue weighted by atomic mass is 10.2. The summed E-state index contributed by atoms with van der Waals surface area (Å²) in [7, 11) is -2.92. The minimum Gasteiger partial charge on any atom is -0.489 e. The predicted octanol–water partition coefficient (Wildman–Crippen LogP) is 0.537. The summed E-state index contributed by atoms with van der Waals surface area (Å²) in [6, 6.07) is 6.76. The van der Waals surface area contributed by atoms with Gasteiger partial charge < -0.3 is 10.5 Å². The molecule has 17 heavy (non-hydrogen) atoms. The van der Waals surface area contributed by atoms with Crippen LogP contribution in [0.3, 0.4) is 0 Å². The molecule has 1 aromatic rings. The molecule has 0 spiro atoms. The number of nitrogens with two attached hydrogens (primary N) is 1. The monoisotopic (exact) mass is 254 g/mol. The van der Waals surface area contributed by atoms with Crippen molar-refractivity contribution in [3.05, 3.63) is 29.8 Å². The zero-order chi connectivity index (χ0) is 12.5. The van der Waals surface area contributed by atoms with E-state index in [1.807, 2.05) is 0 Å². The Hall–Kier alpha value is -1.56. The van der Waals surface area contributed by atoms with Crippen LogP contribution in [0.2, 0.25) is 0 Å². The third-order valence-electron chi connectivity index (χ3n) is 2.66. The van der Waals surface area contributed by atoms with E-state index in [9.17, 15) is 8.42 Å². The number of hydrogen-bond donors (Lipinski definition) is 2. The van der Waals surface area contributed by atoms with E-state index >= 15 is 0 Å². The Labute approximate surface area is 100 Å². The fraction of sp³-hybridized carbons (Fsp3) is 0.364. The largest absolute Gasteiger partial charge is 0.489 e. The van der Waals surface area contributed by atoms with E-state index in [0.29, 0.717) is 17.7 Å². The van der Waals surface area contributed by atoms with Crippen molar-refractivity contribution < 1.29 is 13.2 Å². The van der Waals surface area contributed by atoms with Crippen molar-refractivity contribution in [1.29, 1.82) is 5.41 Å². The van der Waals surface area contributed by atoms with Gasteiger partial charge in [-0.1, -0.05) is 0 Å². The summed E-state index contributed by atoms with van der Waals surface area (Å²) in [6.45, 7) is 0. The molecule has 92 valence electrons. The first-order chi connectivity index (χ1) is 7.96. The molecule has 0 aliphatic carbocycles. The van der Waals surface area contributed by atoms with E-state index in [2.05, 4.69) is 0 Å². The number of amidine groups is 1. The Balaban J connectivity index is 2.03. The van der Waals surface area contributed by atoms with Gasteiger partial charge in [0.2, 0.25) is 0 Å². The van der Waals surface area contributed by atoms with Gasteiger partial charge in [-0.15, -0.1) is 0 Å². The molecule has 3 N–H and O–H groups in total. The maximum Gasteiger partial charge on any atom is 0.154 e. The molecule has 0 aromatic heterocycles. The van der Waals surface area contributed by atoms with Crippen LogP contribution >= 0.6 is 0 Å². The highest BCUT2D eigenvalue weighted by atomic mass is 32.2. The Kier molecular flexibility index (Phi) is 3.06. The topological polar surface area (TPSA) is 93.2 Å². The zero-order valence-electron chi connectivity index (χ0n) is 9.22. The summed E-state index contributed by atoms with van der Waals surface area (Å²) in [5.74, 6) is 0.891. The van der Waals surface area contributed by atoms with Crippen LogP contribution in [-0.2, 0) is 9.84 Å². The Morgan fingerprint density at radius 2 is 2.00 bits per heavy atom. The molecular formula is C11H14N2O3S. The number of benzene rings is 1. The average Bonchev–Trinajstić information content (AvgIpc) is 2.59. The molecule has 1 aromatic carbocycles. The third-order valence-corrected chi connectivity index (χ3v) is 4.40. The van der Waals surface area contributed by atoms with E-state index < -0.39 is 9.84 Å². The van der Waals surface area contributed by atoms with Gasteiger partial charge in [-0.05, 0) is 30.7 Å². The highest BCUT2D eigenvalue weighted by Gasteiger charge is 2.29. The van der Waals surface area contributed by atoms with Crippen molar-refractivity contribution in [3.63, 3.8) is 0 Å². The number of nitrogens with one attached hydrogen (secondary N) is 1. The first kappa shape index (κ1) is 11.9. The molecule has 2 rings (SSSR count). The second kappa shape index (κ2) is 4.37. The van der Waals surface area contributed by atoms with Gasteiger partial charge in [0.1, 0.15) is 17.7 Å². The molecule has 1 saturated heterocycles. The minimum atomic E-state index is -2.92. The van der Waals surface area contributed by atoms with Gasteiger partial charge >= 0.3 is 0 Å². The van der Waals surface area contributed by atoms with Crippen molar-refractivity contribution in [1.82, 2.24) is 0 Å². The molecule has 1 aliphatic rings. The summed E-state index contributed by atoms with van der Waals surface area (Å²) in [4.78, 5) is 0. The molecule has 5 nitrogen and oxygen atoms in total. The van der Waals surface area contributed by atoms with Crippen molar-refractivity contribution in [2.45, 2.75) is 12.5 Å². The molecule has 0 radical (unpaired) electrons. The van der Waals surface area contributed by atoms with Gasteiger partial charge in [0.25, 0.3) is 0 Å². The average molecular weight is 254 g/mol. The molecule has 1 aliphatic heterocycles. The number of sulfone groups is 1. The summed E-state index contributed by atoms with van der Waals surface area (Å²) in [6.07, 6.45) is 0.278. The number of nitrogen functional groups attached to an aromatic ring is 1. The van der Waals surface area contributed by atoms with E-state index in [0.717, 1.165) is 0 Å². The van der Waals surface area contributed by atoms with Gasteiger partial charge in [-0.2, -0.15) is 0 Å². The first-order valence-corrected chi connectivity index (χ1v) is 7.10. The molecule has 1 atom stereocenters. The van der Waals surface area contributed by atoms with Gasteiger partial charge in [-0.25, -0.2) is 8.42 Å². The maximum atomic E-state index is 11.2. The molecule has 0 bridgehead atoms. The molecule has 1 fully saturated rings. The van der Waals surface area contributed by atoms with Crippen LogP contribution in [0, 0.1) is 5.41 Å². The summed E-state index contributed by atoms with van der Waals surface area (Å²) < 4.78 is 28.1. The number of rotatable bonds is 3. The Morgan fingerprint density at radius 1 is 1.35 bits per heavy atom. The molecule has 0 amide bonds. The van der Waals surface area contributed by atoms with Crippen molar-refractivity contribution in [3.8, 4) is 5.75 Å². The SMILES string of the molecule is N=C(N)c1ccc(OC2CCS(=O)(=O)C2)cc1. The lowest BCUT2D eigenvalue weighted by Crippen LogP contribution is -2.17. The molecular weight excluding hydrogens is 240 g/mol. The fourth-order valence-electron chi connectivity index (χ4n) is 1.76. The summed E-state index contributed by atoms with van der Waals surface area (Å²) in [5.41, 5.74) is 5.95. The van der Waals surface area contributed by atoms with Crippen LogP contribution < -0.4 is 10.5 Å². The smallest absolute Gasteiger partial charge is 0.154 e. The Morgan fingerprint density at radius 3 is 2.47 bits per heavy atom. The lowest BCUT2D eigenvalue weighted by Gasteiger charge is -2.12. The van der Waals surface area contributed by atoms with E-state index in [1.165, 1.54) is 0 Å². The van der Waals surface area contributed by atoms with Crippen molar-refractivity contribution in [2.24, 2.45) is 5.73 Å². The van der Waals surface area contributed by atoms with Crippen LogP contribution in [-0.4, -0.2) is 31.9 Å². The molecule has 1 heterocycles. The highest BCUT2D eigenvalue weighted by molar-refractivity contribution is 7.91. The second-order valence-electron chi connectivity index (χ2n) is 4.08. The minimum absolute atomic E-state index is 0.00000541. The molecule has 6 heteroatoms. The van der Waals surface area contributed by atoms with E-state index in [1.54, 1.807) is 24.3 Å². The predicted molar refractivity (Wildman–Crippen MR) is 65.1 cm³/mol. The van der Waals surface area contributed by atoms with Crippen LogP contribution in [0.4, 0.5) is 0 Å². The second-order valence-corrected chi connectivity index (χ2v) is 6.31. The van der Waals surface area contributed by atoms with Crippen LogP contribution in [0.15, 0.2) is 24.3 Å². The highest BCUT2D eigenvalue weighted by Crippen LogP contribution is 2.20. The number of ether oxygens (including phenoxy) is 1. The van der Waals surface area contributed by atoms with Gasteiger partial charge in [0, 0.05) is 5.56 Å². The molecule has 1 unspecified atom stereocenters. The normalized spacial score (nSPS) is 22.2. The molecule has 0 saturated carbocycles. The Bertz CT molecular complexity index is 522. The fourth-order valence-corrected chi connectivity index (χ4v) is 3.35. The lowest BCUT2D eigenvalue weighted by molar-refractivity contribution is 0.229. The van der Waals surface area contributed by atoms with Gasteiger partial charge in [-0.3, -0.25) is 5.41 Å². The van der Waals surface area contributed by atoms with E-state index in [-0.39, 0.29) is 23.4 Å². The maximum absolute atomic E-state index is 11.2. The first-order valence-electron chi connectivity index (χ1n) is 5.28. The van der Waals surface area contributed by atoms with Crippen LogP contribution in [0.25, 0.3) is 0 Å². The van der Waals surface area contributed by atoms with E-state index in [4.69, 9.17) is 15.9 Å². The summed E-state index contributed by atoms with van der Waals surface area (Å²) in [5, 5.41) is 7.24. The zero-order valence-corrected chi connectivity index (χ0v) is 10.0.